The van der Waals surface area contributed by atoms with Gasteiger partial charge < -0.3 is 10.1 Å². The van der Waals surface area contributed by atoms with Crippen molar-refractivity contribution in [3.8, 4) is 0 Å². The molecule has 82 valence electrons. The SMILES string of the molecule is C1C[C@H]2COC[C@H]2N(C2CNC2)C1.Cl. The predicted molar refractivity (Wildman–Crippen MR) is 57.9 cm³/mol. The van der Waals surface area contributed by atoms with Crippen LogP contribution < -0.4 is 5.32 Å². The molecule has 14 heavy (non-hydrogen) atoms. The molecule has 0 unspecified atom stereocenters. The van der Waals surface area contributed by atoms with E-state index in [0.717, 1.165) is 31.2 Å². The van der Waals surface area contributed by atoms with Crippen molar-refractivity contribution < 1.29 is 4.74 Å². The number of fused-ring (bicyclic) bond motifs is 1. The lowest BCUT2D eigenvalue weighted by molar-refractivity contribution is 0.0467. The van der Waals surface area contributed by atoms with Gasteiger partial charge in [0, 0.05) is 31.1 Å². The summed E-state index contributed by atoms with van der Waals surface area (Å²) in [6, 6.07) is 1.57. The first-order chi connectivity index (χ1) is 6.45. The first-order valence-electron chi connectivity index (χ1n) is 5.49. The Bertz CT molecular complexity index is 199. The van der Waals surface area contributed by atoms with E-state index in [1.165, 1.54) is 32.5 Å². The van der Waals surface area contributed by atoms with Crippen LogP contribution in [0.2, 0.25) is 0 Å². The molecule has 0 spiro atoms. The van der Waals surface area contributed by atoms with Crippen molar-refractivity contribution in [1.82, 2.24) is 10.2 Å². The van der Waals surface area contributed by atoms with Crippen molar-refractivity contribution in [2.75, 3.05) is 32.8 Å². The average Bonchev–Trinajstić information content (AvgIpc) is 2.49. The average molecular weight is 219 g/mol. The first-order valence-corrected chi connectivity index (χ1v) is 5.49. The molecule has 2 atom stereocenters. The third kappa shape index (κ3) is 1.67. The molecule has 0 aromatic rings. The van der Waals surface area contributed by atoms with E-state index >= 15 is 0 Å². The summed E-state index contributed by atoms with van der Waals surface area (Å²) in [5, 5.41) is 3.36. The summed E-state index contributed by atoms with van der Waals surface area (Å²) in [6.07, 6.45) is 2.77. The molecule has 3 nitrogen and oxygen atoms in total. The van der Waals surface area contributed by atoms with E-state index < -0.39 is 0 Å². The van der Waals surface area contributed by atoms with Crippen molar-refractivity contribution in [3.63, 3.8) is 0 Å². The van der Waals surface area contributed by atoms with E-state index in [2.05, 4.69) is 10.2 Å². The molecule has 3 aliphatic rings. The highest BCUT2D eigenvalue weighted by atomic mass is 35.5. The second kappa shape index (κ2) is 4.35. The number of halogens is 1. The molecule has 4 heteroatoms. The first kappa shape index (κ1) is 10.7. The third-order valence-corrected chi connectivity index (χ3v) is 3.81. The fourth-order valence-electron chi connectivity index (χ4n) is 2.89. The Balaban J connectivity index is 0.000000750. The standard InChI is InChI=1S/C10H18N2O.ClH/c1-2-8-6-13-7-10(8)12(3-1)9-4-11-5-9;/h8-11H,1-7H2;1H/t8-,10+;/m0./s1. The van der Waals surface area contributed by atoms with Crippen LogP contribution in [0.1, 0.15) is 12.8 Å². The van der Waals surface area contributed by atoms with Gasteiger partial charge in [0.15, 0.2) is 0 Å². The molecule has 3 fully saturated rings. The molecule has 1 N–H and O–H groups in total. The highest BCUT2D eigenvalue weighted by molar-refractivity contribution is 5.85. The molecular formula is C10H19ClN2O. The Labute approximate surface area is 91.6 Å². The van der Waals surface area contributed by atoms with Crippen molar-refractivity contribution in [3.05, 3.63) is 0 Å². The van der Waals surface area contributed by atoms with Crippen molar-refractivity contribution in [2.45, 2.75) is 24.9 Å². The van der Waals surface area contributed by atoms with Crippen LogP contribution >= 0.6 is 12.4 Å². The number of rotatable bonds is 1. The molecule has 0 bridgehead atoms. The summed E-state index contributed by atoms with van der Waals surface area (Å²) in [5.41, 5.74) is 0. The number of piperidine rings is 1. The van der Waals surface area contributed by atoms with Gasteiger partial charge in [-0.15, -0.1) is 12.4 Å². The largest absolute Gasteiger partial charge is 0.379 e. The summed E-state index contributed by atoms with van der Waals surface area (Å²) in [6.45, 7) is 5.70. The second-order valence-corrected chi connectivity index (χ2v) is 4.56. The number of nitrogens with one attached hydrogen (secondary N) is 1. The van der Waals surface area contributed by atoms with Crippen molar-refractivity contribution in [1.29, 1.82) is 0 Å². The summed E-state index contributed by atoms with van der Waals surface area (Å²) in [7, 11) is 0. The van der Waals surface area contributed by atoms with E-state index in [9.17, 15) is 0 Å². The van der Waals surface area contributed by atoms with Crippen LogP contribution in [-0.2, 0) is 4.74 Å². The fraction of sp³-hybridized carbons (Fsp3) is 1.00. The topological polar surface area (TPSA) is 24.5 Å². The normalized spacial score (nSPS) is 38.6. The Hall–Kier alpha value is 0.170. The van der Waals surface area contributed by atoms with E-state index in [4.69, 9.17) is 4.74 Å². The van der Waals surface area contributed by atoms with Crippen molar-refractivity contribution in [2.24, 2.45) is 5.92 Å². The number of likely N-dealkylation sites (tertiary alicyclic amines) is 1. The maximum Gasteiger partial charge on any atom is 0.0625 e. The molecule has 3 aliphatic heterocycles. The Morgan fingerprint density at radius 1 is 1.21 bits per heavy atom. The van der Waals surface area contributed by atoms with Gasteiger partial charge in [-0.2, -0.15) is 0 Å². The van der Waals surface area contributed by atoms with Crippen LogP contribution in [0.5, 0.6) is 0 Å². The number of hydrogen-bond acceptors (Lipinski definition) is 3. The highest BCUT2D eigenvalue weighted by Gasteiger charge is 2.40. The van der Waals surface area contributed by atoms with E-state index in [0.29, 0.717) is 0 Å². The lowest BCUT2D eigenvalue weighted by Crippen LogP contribution is -2.62. The molecule has 0 aromatic carbocycles. The zero-order chi connectivity index (χ0) is 8.67. The van der Waals surface area contributed by atoms with Gasteiger partial charge >= 0.3 is 0 Å². The molecule has 0 amide bonds. The smallest absolute Gasteiger partial charge is 0.0625 e. The quantitative estimate of drug-likeness (QED) is 0.694. The minimum atomic E-state index is 0. The van der Waals surface area contributed by atoms with Crippen LogP contribution in [0.4, 0.5) is 0 Å². The highest BCUT2D eigenvalue weighted by Crippen LogP contribution is 2.30. The zero-order valence-corrected chi connectivity index (χ0v) is 9.26. The van der Waals surface area contributed by atoms with E-state index in [1.54, 1.807) is 0 Å². The van der Waals surface area contributed by atoms with E-state index in [1.807, 2.05) is 0 Å². The molecule has 0 aromatic heterocycles. The molecule has 0 aliphatic carbocycles. The van der Waals surface area contributed by atoms with Gasteiger partial charge in [-0.25, -0.2) is 0 Å². The Morgan fingerprint density at radius 3 is 2.79 bits per heavy atom. The van der Waals surface area contributed by atoms with Gasteiger partial charge in [-0.3, -0.25) is 4.90 Å². The minimum Gasteiger partial charge on any atom is -0.379 e. The molecular weight excluding hydrogens is 200 g/mol. The van der Waals surface area contributed by atoms with Crippen LogP contribution in [-0.4, -0.2) is 49.8 Å². The van der Waals surface area contributed by atoms with Gasteiger partial charge in [0.1, 0.15) is 0 Å². The van der Waals surface area contributed by atoms with Gasteiger partial charge in [0.05, 0.1) is 13.2 Å². The van der Waals surface area contributed by atoms with Gasteiger partial charge in [0.2, 0.25) is 0 Å². The molecule has 3 heterocycles. The maximum atomic E-state index is 5.58. The van der Waals surface area contributed by atoms with Crippen molar-refractivity contribution >= 4 is 12.4 Å². The van der Waals surface area contributed by atoms with Crippen LogP contribution in [0.15, 0.2) is 0 Å². The van der Waals surface area contributed by atoms with Gasteiger partial charge in [-0.05, 0) is 19.4 Å². The van der Waals surface area contributed by atoms with Crippen LogP contribution in [0, 0.1) is 5.92 Å². The monoisotopic (exact) mass is 218 g/mol. The number of hydrogen-bond donors (Lipinski definition) is 1. The summed E-state index contributed by atoms with van der Waals surface area (Å²) < 4.78 is 5.58. The summed E-state index contributed by atoms with van der Waals surface area (Å²) >= 11 is 0. The molecule has 0 radical (unpaired) electrons. The second-order valence-electron chi connectivity index (χ2n) is 4.56. The molecule has 3 saturated heterocycles. The summed E-state index contributed by atoms with van der Waals surface area (Å²) in [5.74, 6) is 0.842. The maximum absolute atomic E-state index is 5.58. The lowest BCUT2D eigenvalue weighted by atomic mass is 9.90. The Morgan fingerprint density at radius 2 is 2.07 bits per heavy atom. The zero-order valence-electron chi connectivity index (χ0n) is 8.45. The number of nitrogens with zero attached hydrogens (tertiary/aromatic N) is 1. The third-order valence-electron chi connectivity index (χ3n) is 3.81. The van der Waals surface area contributed by atoms with Gasteiger partial charge in [-0.1, -0.05) is 0 Å². The Kier molecular flexibility index (Phi) is 3.32. The van der Waals surface area contributed by atoms with Crippen LogP contribution in [0.25, 0.3) is 0 Å². The fourth-order valence-corrected chi connectivity index (χ4v) is 2.89. The minimum absolute atomic E-state index is 0. The van der Waals surface area contributed by atoms with Crippen LogP contribution in [0.3, 0.4) is 0 Å². The molecule has 3 rings (SSSR count). The number of ether oxygens (including phenoxy) is 1. The van der Waals surface area contributed by atoms with Gasteiger partial charge in [0.25, 0.3) is 0 Å². The predicted octanol–water partition coefficient (Wildman–Crippen LogP) is 0.491. The van der Waals surface area contributed by atoms with E-state index in [-0.39, 0.29) is 12.4 Å². The summed E-state index contributed by atoms with van der Waals surface area (Å²) in [4.78, 5) is 2.69. The molecule has 0 saturated carbocycles. The lowest BCUT2D eigenvalue weighted by Gasteiger charge is -2.45.